The lowest BCUT2D eigenvalue weighted by Gasteiger charge is -2.15. The maximum atomic E-state index is 2.45. The van der Waals surface area contributed by atoms with E-state index in [9.17, 15) is 0 Å². The maximum absolute atomic E-state index is 2.45. The number of rotatable bonds is 18. The van der Waals surface area contributed by atoms with Crippen molar-refractivity contribution in [3.05, 3.63) is 12.2 Å². The summed E-state index contributed by atoms with van der Waals surface area (Å²) in [5.74, 6) is 1.00. The smallest absolute Gasteiger partial charge is 0.0351 e. The molecule has 0 heteroatoms. The van der Waals surface area contributed by atoms with Crippen LogP contribution in [0.3, 0.4) is 0 Å². The molecule has 0 rings (SSSR count). The Balaban J connectivity index is 3.51. The monoisotopic (exact) mass is 322 g/mol. The van der Waals surface area contributed by atoms with Gasteiger partial charge in [0, 0.05) is 0 Å². The van der Waals surface area contributed by atoms with Crippen molar-refractivity contribution >= 4 is 0 Å². The molecular weight excluding hydrogens is 276 g/mol. The molecular formula is C23H46. The first-order valence-corrected chi connectivity index (χ1v) is 11.0. The van der Waals surface area contributed by atoms with E-state index in [0.717, 1.165) is 5.92 Å². The molecule has 0 aromatic rings. The van der Waals surface area contributed by atoms with Crippen LogP contribution < -0.4 is 0 Å². The van der Waals surface area contributed by atoms with Crippen molar-refractivity contribution < 1.29 is 0 Å². The number of hydrogen-bond donors (Lipinski definition) is 0. The molecule has 0 aromatic heterocycles. The molecule has 0 saturated heterocycles. The van der Waals surface area contributed by atoms with Crippen molar-refractivity contribution in [2.24, 2.45) is 5.92 Å². The van der Waals surface area contributed by atoms with Gasteiger partial charge in [0.25, 0.3) is 0 Å². The first kappa shape index (κ1) is 22.7. The molecule has 138 valence electrons. The van der Waals surface area contributed by atoms with E-state index < -0.39 is 0 Å². The SMILES string of the molecule is CCCCCCC/C=C/CCCC(CCC)CCCCCCC. The Bertz CT molecular complexity index is 228. The Labute approximate surface area is 148 Å². The van der Waals surface area contributed by atoms with Crippen LogP contribution in [0.2, 0.25) is 0 Å². The third-order valence-corrected chi connectivity index (χ3v) is 5.04. The van der Waals surface area contributed by atoms with Gasteiger partial charge in [-0.05, 0) is 31.6 Å². The highest BCUT2D eigenvalue weighted by Crippen LogP contribution is 2.22. The van der Waals surface area contributed by atoms with Crippen LogP contribution >= 0.6 is 0 Å². The van der Waals surface area contributed by atoms with Crippen LogP contribution in [0.15, 0.2) is 12.2 Å². The zero-order valence-corrected chi connectivity index (χ0v) is 16.8. The maximum Gasteiger partial charge on any atom is -0.0351 e. The molecule has 23 heavy (non-hydrogen) atoms. The molecule has 0 aliphatic heterocycles. The molecule has 0 aromatic carbocycles. The van der Waals surface area contributed by atoms with Gasteiger partial charge in [-0.25, -0.2) is 0 Å². The minimum atomic E-state index is 1.00. The lowest BCUT2D eigenvalue weighted by atomic mass is 9.91. The van der Waals surface area contributed by atoms with E-state index in [4.69, 9.17) is 0 Å². The molecule has 0 aliphatic rings. The highest BCUT2D eigenvalue weighted by molar-refractivity contribution is 4.81. The van der Waals surface area contributed by atoms with Gasteiger partial charge in [0.05, 0.1) is 0 Å². The summed E-state index contributed by atoms with van der Waals surface area (Å²) in [5, 5.41) is 0. The summed E-state index contributed by atoms with van der Waals surface area (Å²) in [7, 11) is 0. The highest BCUT2D eigenvalue weighted by atomic mass is 14.1. The van der Waals surface area contributed by atoms with E-state index in [1.807, 2.05) is 0 Å². The van der Waals surface area contributed by atoms with Crippen molar-refractivity contribution in [2.75, 3.05) is 0 Å². The number of unbranched alkanes of at least 4 members (excludes halogenated alkanes) is 10. The highest BCUT2D eigenvalue weighted by Gasteiger charge is 2.06. The standard InChI is InChI=1S/C23H46/c1-4-7-9-11-12-13-14-15-17-19-22-23(20-6-3)21-18-16-10-8-5-2/h14-15,23H,4-13,16-22H2,1-3H3/b15-14+. The van der Waals surface area contributed by atoms with Gasteiger partial charge in [0.15, 0.2) is 0 Å². The molecule has 0 N–H and O–H groups in total. The molecule has 0 aliphatic carbocycles. The Morgan fingerprint density at radius 3 is 1.61 bits per heavy atom. The summed E-state index contributed by atoms with van der Waals surface area (Å²) in [4.78, 5) is 0. The molecule has 0 spiro atoms. The van der Waals surface area contributed by atoms with Crippen LogP contribution in [0.1, 0.15) is 130 Å². The van der Waals surface area contributed by atoms with Crippen LogP contribution in [-0.4, -0.2) is 0 Å². The zero-order valence-electron chi connectivity index (χ0n) is 16.8. The van der Waals surface area contributed by atoms with Crippen molar-refractivity contribution in [1.29, 1.82) is 0 Å². The van der Waals surface area contributed by atoms with E-state index in [1.54, 1.807) is 0 Å². The topological polar surface area (TPSA) is 0 Å². The van der Waals surface area contributed by atoms with Gasteiger partial charge in [0.2, 0.25) is 0 Å². The molecule has 0 nitrogen and oxygen atoms in total. The third-order valence-electron chi connectivity index (χ3n) is 5.04. The molecule has 1 atom stereocenters. The Hall–Kier alpha value is -0.260. The molecule has 0 radical (unpaired) electrons. The van der Waals surface area contributed by atoms with Gasteiger partial charge in [-0.1, -0.05) is 116 Å². The average molecular weight is 323 g/mol. The Morgan fingerprint density at radius 1 is 0.478 bits per heavy atom. The van der Waals surface area contributed by atoms with E-state index in [1.165, 1.54) is 109 Å². The minimum absolute atomic E-state index is 1.00. The van der Waals surface area contributed by atoms with Gasteiger partial charge in [-0.15, -0.1) is 0 Å². The molecule has 0 heterocycles. The van der Waals surface area contributed by atoms with Crippen LogP contribution in [0.4, 0.5) is 0 Å². The van der Waals surface area contributed by atoms with Crippen molar-refractivity contribution in [1.82, 2.24) is 0 Å². The molecule has 0 bridgehead atoms. The average Bonchev–Trinajstić information content (AvgIpc) is 2.56. The fourth-order valence-corrected chi connectivity index (χ4v) is 3.50. The van der Waals surface area contributed by atoms with Crippen molar-refractivity contribution in [2.45, 2.75) is 130 Å². The summed E-state index contributed by atoms with van der Waals surface area (Å²) < 4.78 is 0. The first-order valence-electron chi connectivity index (χ1n) is 11.0. The number of allylic oxidation sites excluding steroid dienone is 2. The van der Waals surface area contributed by atoms with Crippen LogP contribution in [0, 0.1) is 5.92 Å². The van der Waals surface area contributed by atoms with Gasteiger partial charge in [-0.2, -0.15) is 0 Å². The summed E-state index contributed by atoms with van der Waals surface area (Å²) in [5.41, 5.74) is 0. The molecule has 1 unspecified atom stereocenters. The summed E-state index contributed by atoms with van der Waals surface area (Å²) in [6.07, 6.45) is 28.9. The molecule has 0 amide bonds. The quantitative estimate of drug-likeness (QED) is 0.174. The van der Waals surface area contributed by atoms with Crippen LogP contribution in [0.25, 0.3) is 0 Å². The minimum Gasteiger partial charge on any atom is -0.0885 e. The molecule has 0 fully saturated rings. The van der Waals surface area contributed by atoms with Crippen LogP contribution in [-0.2, 0) is 0 Å². The Morgan fingerprint density at radius 2 is 1.00 bits per heavy atom. The van der Waals surface area contributed by atoms with Crippen molar-refractivity contribution in [3.8, 4) is 0 Å². The lowest BCUT2D eigenvalue weighted by Crippen LogP contribution is -2.00. The third kappa shape index (κ3) is 17.9. The van der Waals surface area contributed by atoms with E-state index in [-0.39, 0.29) is 0 Å². The fourth-order valence-electron chi connectivity index (χ4n) is 3.50. The summed E-state index contributed by atoms with van der Waals surface area (Å²) in [6.45, 7) is 6.94. The van der Waals surface area contributed by atoms with E-state index in [2.05, 4.69) is 32.9 Å². The second-order valence-electron chi connectivity index (χ2n) is 7.46. The Kier molecular flexibility index (Phi) is 19.6. The van der Waals surface area contributed by atoms with E-state index >= 15 is 0 Å². The van der Waals surface area contributed by atoms with Gasteiger partial charge in [0.1, 0.15) is 0 Å². The van der Waals surface area contributed by atoms with Gasteiger partial charge < -0.3 is 0 Å². The van der Waals surface area contributed by atoms with E-state index in [0.29, 0.717) is 0 Å². The summed E-state index contributed by atoms with van der Waals surface area (Å²) in [6, 6.07) is 0. The first-order chi connectivity index (χ1) is 11.3. The largest absolute Gasteiger partial charge is 0.0885 e. The van der Waals surface area contributed by atoms with Crippen molar-refractivity contribution in [3.63, 3.8) is 0 Å². The predicted molar refractivity (Wildman–Crippen MR) is 108 cm³/mol. The number of hydrogen-bond acceptors (Lipinski definition) is 0. The predicted octanol–water partition coefficient (Wildman–Crippen LogP) is 8.85. The van der Waals surface area contributed by atoms with Gasteiger partial charge >= 0.3 is 0 Å². The second-order valence-corrected chi connectivity index (χ2v) is 7.46. The normalized spacial score (nSPS) is 13.0. The van der Waals surface area contributed by atoms with Gasteiger partial charge in [-0.3, -0.25) is 0 Å². The fraction of sp³-hybridized carbons (Fsp3) is 0.913. The lowest BCUT2D eigenvalue weighted by molar-refractivity contribution is 0.386. The second kappa shape index (κ2) is 19.8. The molecule has 0 saturated carbocycles. The zero-order chi connectivity index (χ0) is 17.0. The summed E-state index contributed by atoms with van der Waals surface area (Å²) >= 11 is 0. The van der Waals surface area contributed by atoms with Crippen LogP contribution in [0.5, 0.6) is 0 Å².